The van der Waals surface area contributed by atoms with E-state index in [1.165, 1.54) is 6.21 Å². The number of halogens is 1. The zero-order chi connectivity index (χ0) is 17.4. The first kappa shape index (κ1) is 17.8. The Balaban J connectivity index is 1.89. The first-order valence-electron chi connectivity index (χ1n) is 7.05. The van der Waals surface area contributed by atoms with Crippen molar-refractivity contribution < 1.29 is 19.0 Å². The first-order valence-corrected chi connectivity index (χ1v) is 7.84. The van der Waals surface area contributed by atoms with E-state index in [4.69, 9.17) is 14.2 Å². The standard InChI is InChI=1S/C17H17BrN2O4/c1-22-15-5-3-4-12(17(15)23-2)10-19-20-16(21)11-24-14-8-6-13(18)7-9-14/h3-10H,11H2,1-2H3,(H,20,21). The van der Waals surface area contributed by atoms with Crippen LogP contribution in [0.25, 0.3) is 0 Å². The van der Waals surface area contributed by atoms with Crippen molar-refractivity contribution in [3.8, 4) is 17.2 Å². The third-order valence-electron chi connectivity index (χ3n) is 3.01. The number of nitrogens with zero attached hydrogens (tertiary/aromatic N) is 1. The summed E-state index contributed by atoms with van der Waals surface area (Å²) >= 11 is 3.33. The van der Waals surface area contributed by atoms with E-state index in [9.17, 15) is 4.79 Å². The van der Waals surface area contributed by atoms with Gasteiger partial charge in [-0.25, -0.2) is 5.43 Å². The van der Waals surface area contributed by atoms with Crippen molar-refractivity contribution in [2.75, 3.05) is 20.8 Å². The Morgan fingerprint density at radius 2 is 1.92 bits per heavy atom. The maximum absolute atomic E-state index is 11.7. The number of ether oxygens (including phenoxy) is 3. The van der Waals surface area contributed by atoms with E-state index in [1.807, 2.05) is 12.1 Å². The van der Waals surface area contributed by atoms with Crippen LogP contribution in [-0.4, -0.2) is 32.9 Å². The Morgan fingerprint density at radius 1 is 1.17 bits per heavy atom. The predicted octanol–water partition coefficient (Wildman–Crippen LogP) is 3.00. The van der Waals surface area contributed by atoms with E-state index in [-0.39, 0.29) is 12.5 Å². The number of hydrazone groups is 1. The summed E-state index contributed by atoms with van der Waals surface area (Å²) < 4.78 is 16.8. The zero-order valence-electron chi connectivity index (χ0n) is 13.3. The van der Waals surface area contributed by atoms with Crippen LogP contribution in [0.5, 0.6) is 17.2 Å². The molecule has 0 saturated carbocycles. The number of methoxy groups -OCH3 is 2. The molecule has 0 bridgehead atoms. The summed E-state index contributed by atoms with van der Waals surface area (Å²) in [4.78, 5) is 11.7. The third kappa shape index (κ3) is 4.99. The number of amides is 1. The molecule has 0 radical (unpaired) electrons. The summed E-state index contributed by atoms with van der Waals surface area (Å²) in [5, 5.41) is 3.90. The lowest BCUT2D eigenvalue weighted by Gasteiger charge is -2.09. The number of hydrogen-bond donors (Lipinski definition) is 1. The topological polar surface area (TPSA) is 69.2 Å². The highest BCUT2D eigenvalue weighted by atomic mass is 79.9. The molecule has 0 saturated heterocycles. The van der Waals surface area contributed by atoms with Crippen LogP contribution in [0.3, 0.4) is 0 Å². The second kappa shape index (κ2) is 8.93. The van der Waals surface area contributed by atoms with Gasteiger partial charge in [0.1, 0.15) is 5.75 Å². The molecule has 1 amide bonds. The molecule has 0 fully saturated rings. The molecule has 0 aromatic heterocycles. The lowest BCUT2D eigenvalue weighted by molar-refractivity contribution is -0.123. The third-order valence-corrected chi connectivity index (χ3v) is 3.54. The molecule has 1 N–H and O–H groups in total. The number of nitrogens with one attached hydrogen (secondary N) is 1. The van der Waals surface area contributed by atoms with Crippen molar-refractivity contribution in [2.24, 2.45) is 5.10 Å². The number of benzene rings is 2. The molecular formula is C17H17BrN2O4. The molecule has 0 aliphatic rings. The maximum atomic E-state index is 11.7. The number of hydrogen-bond acceptors (Lipinski definition) is 5. The maximum Gasteiger partial charge on any atom is 0.277 e. The summed E-state index contributed by atoms with van der Waals surface area (Å²) in [5.41, 5.74) is 3.09. The Hall–Kier alpha value is -2.54. The van der Waals surface area contributed by atoms with Crippen molar-refractivity contribution in [3.05, 3.63) is 52.5 Å². The van der Waals surface area contributed by atoms with Gasteiger partial charge in [-0.1, -0.05) is 22.0 Å². The Bertz CT molecular complexity index is 717. The molecule has 0 unspecified atom stereocenters. The van der Waals surface area contributed by atoms with Gasteiger partial charge in [0.2, 0.25) is 0 Å². The average Bonchev–Trinajstić information content (AvgIpc) is 2.61. The van der Waals surface area contributed by atoms with Gasteiger partial charge in [0.15, 0.2) is 18.1 Å². The van der Waals surface area contributed by atoms with Crippen molar-refractivity contribution >= 4 is 28.1 Å². The first-order chi connectivity index (χ1) is 11.6. The van der Waals surface area contributed by atoms with Crippen molar-refractivity contribution in [1.82, 2.24) is 5.43 Å². The highest BCUT2D eigenvalue weighted by Gasteiger charge is 2.07. The SMILES string of the molecule is COc1cccc(C=NNC(=O)COc2ccc(Br)cc2)c1OC. The molecule has 126 valence electrons. The molecule has 2 aromatic carbocycles. The molecule has 24 heavy (non-hydrogen) atoms. The molecule has 0 aliphatic heterocycles. The van der Waals surface area contributed by atoms with Crippen molar-refractivity contribution in [2.45, 2.75) is 0 Å². The zero-order valence-corrected chi connectivity index (χ0v) is 14.9. The summed E-state index contributed by atoms with van der Waals surface area (Å²) in [5.74, 6) is 1.37. The van der Waals surface area contributed by atoms with Crippen LogP contribution in [0, 0.1) is 0 Å². The van der Waals surface area contributed by atoms with Gasteiger partial charge in [-0.05, 0) is 36.4 Å². The Kier molecular flexibility index (Phi) is 6.62. The van der Waals surface area contributed by atoms with Gasteiger partial charge in [-0.2, -0.15) is 5.10 Å². The highest BCUT2D eigenvalue weighted by Crippen LogP contribution is 2.29. The van der Waals surface area contributed by atoms with E-state index in [0.717, 1.165) is 4.47 Å². The van der Waals surface area contributed by atoms with Crippen LogP contribution in [0.1, 0.15) is 5.56 Å². The molecule has 2 aromatic rings. The summed E-state index contributed by atoms with van der Waals surface area (Å²) in [7, 11) is 3.10. The fourth-order valence-electron chi connectivity index (χ4n) is 1.90. The fraction of sp³-hybridized carbons (Fsp3) is 0.176. The van der Waals surface area contributed by atoms with Gasteiger partial charge in [0.25, 0.3) is 5.91 Å². The van der Waals surface area contributed by atoms with Crippen molar-refractivity contribution in [1.29, 1.82) is 0 Å². The Morgan fingerprint density at radius 3 is 2.58 bits per heavy atom. The fourth-order valence-corrected chi connectivity index (χ4v) is 2.16. The molecule has 0 heterocycles. The summed E-state index contributed by atoms with van der Waals surface area (Å²) in [6.07, 6.45) is 1.49. The van der Waals surface area contributed by atoms with Crippen LogP contribution in [0.4, 0.5) is 0 Å². The molecule has 2 rings (SSSR count). The molecule has 6 nitrogen and oxygen atoms in total. The number of carbonyl (C=O) groups excluding carboxylic acids is 1. The van der Waals surface area contributed by atoms with Gasteiger partial charge in [-0.3, -0.25) is 4.79 Å². The number of para-hydroxylation sites is 1. The predicted molar refractivity (Wildman–Crippen MR) is 94.9 cm³/mol. The molecule has 0 atom stereocenters. The van der Waals surface area contributed by atoms with E-state index in [0.29, 0.717) is 22.8 Å². The molecule has 7 heteroatoms. The molecule has 0 aliphatic carbocycles. The van der Waals surface area contributed by atoms with Crippen LogP contribution >= 0.6 is 15.9 Å². The minimum Gasteiger partial charge on any atom is -0.493 e. The van der Waals surface area contributed by atoms with Gasteiger partial charge < -0.3 is 14.2 Å². The van der Waals surface area contributed by atoms with Gasteiger partial charge in [0.05, 0.1) is 20.4 Å². The second-order valence-electron chi connectivity index (χ2n) is 4.62. The monoisotopic (exact) mass is 392 g/mol. The lowest BCUT2D eigenvalue weighted by atomic mass is 10.2. The van der Waals surface area contributed by atoms with E-state index in [2.05, 4.69) is 26.5 Å². The number of rotatable bonds is 7. The van der Waals surface area contributed by atoms with E-state index in [1.54, 1.807) is 44.6 Å². The summed E-state index contributed by atoms with van der Waals surface area (Å²) in [6, 6.07) is 12.6. The second-order valence-corrected chi connectivity index (χ2v) is 5.53. The Labute approximate surface area is 148 Å². The van der Waals surface area contributed by atoms with E-state index >= 15 is 0 Å². The average molecular weight is 393 g/mol. The van der Waals surface area contributed by atoms with Gasteiger partial charge in [0, 0.05) is 10.0 Å². The highest BCUT2D eigenvalue weighted by molar-refractivity contribution is 9.10. The lowest BCUT2D eigenvalue weighted by Crippen LogP contribution is -2.24. The normalized spacial score (nSPS) is 10.5. The minimum atomic E-state index is -0.365. The largest absolute Gasteiger partial charge is 0.493 e. The van der Waals surface area contributed by atoms with Crippen molar-refractivity contribution in [3.63, 3.8) is 0 Å². The minimum absolute atomic E-state index is 0.131. The van der Waals surface area contributed by atoms with Crippen LogP contribution in [-0.2, 0) is 4.79 Å². The molecule has 0 spiro atoms. The van der Waals surface area contributed by atoms with Crippen LogP contribution in [0.2, 0.25) is 0 Å². The van der Waals surface area contributed by atoms with Gasteiger partial charge >= 0.3 is 0 Å². The number of carbonyl (C=O) groups is 1. The van der Waals surface area contributed by atoms with Gasteiger partial charge in [-0.15, -0.1) is 0 Å². The molecular weight excluding hydrogens is 376 g/mol. The smallest absolute Gasteiger partial charge is 0.277 e. The van der Waals surface area contributed by atoms with E-state index < -0.39 is 0 Å². The summed E-state index contributed by atoms with van der Waals surface area (Å²) in [6.45, 7) is -0.131. The van der Waals surface area contributed by atoms with Crippen LogP contribution < -0.4 is 19.6 Å². The quantitative estimate of drug-likeness (QED) is 0.580. The van der Waals surface area contributed by atoms with Crippen LogP contribution in [0.15, 0.2) is 52.0 Å².